The van der Waals surface area contributed by atoms with Gasteiger partial charge in [0.05, 0.1) is 20.6 Å². The van der Waals surface area contributed by atoms with Crippen molar-refractivity contribution >= 4 is 5.91 Å². The predicted octanol–water partition coefficient (Wildman–Crippen LogP) is -1.26. The Balaban J connectivity index is 0.00000169. The molecule has 0 unspecified atom stereocenters. The Morgan fingerprint density at radius 3 is 2.67 bits per heavy atom. The third-order valence-corrected chi connectivity index (χ3v) is 7.07. The van der Waals surface area contributed by atoms with Crippen LogP contribution >= 0.6 is 0 Å². The molecule has 4 rings (SSSR count). The third kappa shape index (κ3) is 2.20. The highest BCUT2D eigenvalue weighted by atomic mass is 127. The second-order valence-corrected chi connectivity index (χ2v) is 8.42. The van der Waals surface area contributed by atoms with Crippen LogP contribution in [0.1, 0.15) is 53.6 Å². The Kier molecular flexibility index (Phi) is 4.29. The molecule has 132 valence electrons. The number of hydrogen-bond acceptors (Lipinski definition) is 2. The van der Waals surface area contributed by atoms with Crippen molar-refractivity contribution in [3.63, 3.8) is 0 Å². The number of aliphatic hydroxyl groups is 1. The topological polar surface area (TPSA) is 63.3 Å². The Morgan fingerprint density at radius 1 is 1.25 bits per heavy atom. The minimum atomic E-state index is -0.656. The van der Waals surface area contributed by atoms with E-state index >= 15 is 0 Å². The Morgan fingerprint density at radius 2 is 1.96 bits per heavy atom. The van der Waals surface area contributed by atoms with Gasteiger partial charge in [0.25, 0.3) is 0 Å². The molecule has 1 saturated carbocycles. The predicted molar refractivity (Wildman–Crippen MR) is 89.1 cm³/mol. The Labute approximate surface area is 161 Å². The lowest BCUT2D eigenvalue weighted by molar-refractivity contribution is -0.931. The van der Waals surface area contributed by atoms with Gasteiger partial charge in [-0.05, 0) is 36.1 Å². The number of amides is 1. The average Bonchev–Trinajstić information content (AvgIpc) is 2.50. The van der Waals surface area contributed by atoms with E-state index < -0.39 is 5.60 Å². The van der Waals surface area contributed by atoms with Crippen molar-refractivity contribution in [3.8, 4) is 0 Å². The van der Waals surface area contributed by atoms with Crippen LogP contribution in [0.4, 0.5) is 0 Å². The number of primary amides is 1. The lowest BCUT2D eigenvalue weighted by Gasteiger charge is -2.64. The van der Waals surface area contributed by atoms with Gasteiger partial charge in [-0.2, -0.15) is 0 Å². The lowest BCUT2D eigenvalue weighted by Crippen LogP contribution is -3.00. The first-order chi connectivity index (χ1) is 10.8. The van der Waals surface area contributed by atoms with Gasteiger partial charge in [-0.15, -0.1) is 0 Å². The molecule has 2 aliphatic carbocycles. The zero-order valence-electron chi connectivity index (χ0n) is 14.5. The van der Waals surface area contributed by atoms with E-state index in [0.717, 1.165) is 49.6 Å². The molecule has 0 radical (unpaired) electrons. The summed E-state index contributed by atoms with van der Waals surface area (Å²) >= 11 is 0. The largest absolute Gasteiger partial charge is 1.00 e. The molecule has 1 aromatic carbocycles. The molecule has 5 heteroatoms. The number of quaternary nitrogens is 1. The SMILES string of the molecule is C[N+]1(C)CC[C@]23CCCC[C@@]2(O)[C@H]1Cc1ccc(C(N)=O)cc13.[I-]. The number of likely N-dealkylation sites (N-methyl/N-ethyl adjacent to an activating group) is 1. The molecular weight excluding hydrogens is 415 g/mol. The summed E-state index contributed by atoms with van der Waals surface area (Å²) in [7, 11) is 4.51. The van der Waals surface area contributed by atoms with E-state index in [1.165, 1.54) is 11.1 Å². The van der Waals surface area contributed by atoms with Gasteiger partial charge in [0.1, 0.15) is 11.6 Å². The highest BCUT2D eigenvalue weighted by Gasteiger charge is 2.67. The molecule has 24 heavy (non-hydrogen) atoms. The molecule has 2 fully saturated rings. The summed E-state index contributed by atoms with van der Waals surface area (Å²) in [5, 5.41) is 11.8. The van der Waals surface area contributed by atoms with Crippen LogP contribution in [-0.2, 0) is 11.8 Å². The van der Waals surface area contributed by atoms with E-state index in [4.69, 9.17) is 5.73 Å². The second-order valence-electron chi connectivity index (χ2n) is 8.42. The van der Waals surface area contributed by atoms with Crippen LogP contribution in [0.15, 0.2) is 18.2 Å². The number of hydrogen-bond donors (Lipinski definition) is 2. The second kappa shape index (κ2) is 5.68. The van der Waals surface area contributed by atoms with Crippen LogP contribution < -0.4 is 29.7 Å². The average molecular weight is 442 g/mol. The van der Waals surface area contributed by atoms with E-state index in [9.17, 15) is 9.90 Å². The van der Waals surface area contributed by atoms with Crippen LogP contribution in [0.25, 0.3) is 0 Å². The summed E-state index contributed by atoms with van der Waals surface area (Å²) in [6.45, 7) is 1.08. The highest BCUT2D eigenvalue weighted by Crippen LogP contribution is 2.59. The maximum atomic E-state index is 11.8. The van der Waals surface area contributed by atoms with Gasteiger partial charge < -0.3 is 39.3 Å². The first-order valence-electron chi connectivity index (χ1n) is 8.78. The molecule has 3 aliphatic rings. The van der Waals surface area contributed by atoms with Crippen molar-refractivity contribution < 1.29 is 38.4 Å². The number of nitrogens with two attached hydrogens (primary N) is 1. The van der Waals surface area contributed by atoms with Crippen molar-refractivity contribution in [1.82, 2.24) is 0 Å². The van der Waals surface area contributed by atoms with Gasteiger partial charge in [-0.1, -0.05) is 18.9 Å². The van der Waals surface area contributed by atoms with Gasteiger partial charge in [-0.3, -0.25) is 4.79 Å². The molecule has 4 nitrogen and oxygen atoms in total. The van der Waals surface area contributed by atoms with Crippen LogP contribution in [0.2, 0.25) is 0 Å². The summed E-state index contributed by atoms with van der Waals surface area (Å²) < 4.78 is 0.884. The van der Waals surface area contributed by atoms with Crippen LogP contribution in [-0.4, -0.2) is 47.8 Å². The number of fused-ring (bicyclic) bond motifs is 1. The molecule has 3 N–H and O–H groups in total. The maximum Gasteiger partial charge on any atom is 0.248 e. The number of piperidine rings is 1. The molecular formula is C19H27IN2O2. The monoisotopic (exact) mass is 442 g/mol. The molecule has 0 aromatic heterocycles. The summed E-state index contributed by atoms with van der Waals surface area (Å²) in [5.41, 5.74) is 7.74. The molecule has 1 amide bonds. The van der Waals surface area contributed by atoms with E-state index in [1.54, 1.807) is 0 Å². The summed E-state index contributed by atoms with van der Waals surface area (Å²) in [6, 6.07) is 6.14. The fourth-order valence-corrected chi connectivity index (χ4v) is 5.80. The lowest BCUT2D eigenvalue weighted by atomic mass is 9.49. The van der Waals surface area contributed by atoms with Gasteiger partial charge in [-0.25, -0.2) is 0 Å². The first kappa shape index (κ1) is 18.1. The summed E-state index contributed by atoms with van der Waals surface area (Å²) in [6.07, 6.45) is 6.03. The summed E-state index contributed by atoms with van der Waals surface area (Å²) in [4.78, 5) is 11.7. The number of nitrogens with zero attached hydrogens (tertiary/aromatic N) is 1. The zero-order valence-corrected chi connectivity index (χ0v) is 16.7. The number of rotatable bonds is 1. The van der Waals surface area contributed by atoms with Crippen LogP contribution in [0.3, 0.4) is 0 Å². The van der Waals surface area contributed by atoms with Gasteiger partial charge in [0.15, 0.2) is 0 Å². The number of likely N-dealkylation sites (tertiary alicyclic amines) is 1. The van der Waals surface area contributed by atoms with Crippen molar-refractivity contribution in [2.24, 2.45) is 5.73 Å². The Bertz CT molecular complexity index is 690. The zero-order chi connectivity index (χ0) is 16.5. The number of carbonyl (C=O) groups is 1. The molecule has 0 spiro atoms. The fourth-order valence-electron chi connectivity index (χ4n) is 5.80. The molecule has 1 heterocycles. The van der Waals surface area contributed by atoms with Crippen LogP contribution in [0, 0.1) is 0 Å². The van der Waals surface area contributed by atoms with Gasteiger partial charge >= 0.3 is 0 Å². The first-order valence-corrected chi connectivity index (χ1v) is 8.78. The van der Waals surface area contributed by atoms with Crippen LogP contribution in [0.5, 0.6) is 0 Å². The van der Waals surface area contributed by atoms with Crippen molar-refractivity contribution in [1.29, 1.82) is 0 Å². The van der Waals surface area contributed by atoms with E-state index in [-0.39, 0.29) is 41.3 Å². The number of halogens is 1. The minimum absolute atomic E-state index is 0. The standard InChI is InChI=1S/C19H26N2O2.HI/c1-21(2)10-9-18-7-3-4-8-19(18,23)16(21)12-13-5-6-14(17(20)22)11-15(13)18;/h5-6,11,16,23H,3-4,7-10,12H2,1-2H3,(H-,20,22);1H/t16-,18+,19-;/m1./s1. The quantitative estimate of drug-likeness (QED) is 0.422. The maximum absolute atomic E-state index is 11.8. The highest BCUT2D eigenvalue weighted by molar-refractivity contribution is 5.93. The molecule has 2 bridgehead atoms. The van der Waals surface area contributed by atoms with E-state index in [2.05, 4.69) is 20.2 Å². The van der Waals surface area contributed by atoms with Crippen molar-refractivity contribution in [3.05, 3.63) is 34.9 Å². The van der Waals surface area contributed by atoms with E-state index in [1.807, 2.05) is 12.1 Å². The summed E-state index contributed by atoms with van der Waals surface area (Å²) in [5.74, 6) is -0.377. The van der Waals surface area contributed by atoms with Crippen molar-refractivity contribution in [2.45, 2.75) is 55.6 Å². The van der Waals surface area contributed by atoms with Gasteiger partial charge in [0.2, 0.25) is 5.91 Å². The number of carbonyl (C=O) groups excluding carboxylic acids is 1. The molecule has 1 aromatic rings. The molecule has 1 saturated heterocycles. The molecule has 1 aliphatic heterocycles. The number of benzene rings is 1. The van der Waals surface area contributed by atoms with Crippen molar-refractivity contribution in [2.75, 3.05) is 20.6 Å². The van der Waals surface area contributed by atoms with E-state index in [0.29, 0.717) is 5.56 Å². The normalized spacial score (nSPS) is 36.0. The molecule has 3 atom stereocenters. The smallest absolute Gasteiger partial charge is 0.248 e. The third-order valence-electron chi connectivity index (χ3n) is 7.07. The fraction of sp³-hybridized carbons (Fsp3) is 0.632. The Hall–Kier alpha value is -0.660. The minimum Gasteiger partial charge on any atom is -1.00 e. The van der Waals surface area contributed by atoms with Gasteiger partial charge in [0, 0.05) is 23.8 Å².